The first kappa shape index (κ1) is 18.6. The number of carbonyl (C=O) groups excluding carboxylic acids is 1. The molecule has 0 saturated carbocycles. The van der Waals surface area contributed by atoms with Crippen molar-refractivity contribution in [2.45, 2.75) is 46.1 Å². The van der Waals surface area contributed by atoms with Crippen LogP contribution in [0.15, 0.2) is 12.4 Å². The van der Waals surface area contributed by atoms with Gasteiger partial charge in [0.05, 0.1) is 28.5 Å². The molecule has 1 aliphatic heterocycles. The molecule has 140 valence electrons. The number of nitrogens with zero attached hydrogens (tertiary/aromatic N) is 4. The van der Waals surface area contributed by atoms with Gasteiger partial charge in [-0.15, -0.1) is 11.3 Å². The Morgan fingerprint density at radius 1 is 1.35 bits per heavy atom. The summed E-state index contributed by atoms with van der Waals surface area (Å²) >= 11 is 1.48. The summed E-state index contributed by atoms with van der Waals surface area (Å²) in [5, 5.41) is 14.1. The number of hydrogen-bond acceptors (Lipinski definition) is 5. The first-order chi connectivity index (χ1) is 12.3. The summed E-state index contributed by atoms with van der Waals surface area (Å²) in [6.07, 6.45) is 5.29. The summed E-state index contributed by atoms with van der Waals surface area (Å²) < 4.78 is 1.71. The quantitative estimate of drug-likeness (QED) is 0.866. The Labute approximate surface area is 156 Å². The maximum atomic E-state index is 12.9. The molecule has 2 aromatic rings. The second-order valence-corrected chi connectivity index (χ2v) is 8.35. The first-order valence-electron chi connectivity index (χ1n) is 8.88. The molecule has 0 unspecified atom stereocenters. The van der Waals surface area contributed by atoms with Crippen molar-refractivity contribution in [1.82, 2.24) is 19.7 Å². The highest BCUT2D eigenvalue weighted by atomic mass is 32.1. The number of carbonyl (C=O) groups is 2. The van der Waals surface area contributed by atoms with E-state index in [-0.39, 0.29) is 17.5 Å². The van der Waals surface area contributed by atoms with E-state index in [1.54, 1.807) is 10.9 Å². The number of carboxylic acids is 1. The lowest BCUT2D eigenvalue weighted by Gasteiger charge is -2.32. The highest BCUT2D eigenvalue weighted by Gasteiger charge is 2.28. The number of rotatable bonds is 5. The summed E-state index contributed by atoms with van der Waals surface area (Å²) in [7, 11) is 0. The molecule has 1 amide bonds. The Morgan fingerprint density at radius 2 is 2.04 bits per heavy atom. The average molecular weight is 376 g/mol. The molecule has 1 N–H and O–H groups in total. The SMILES string of the molecule is Cc1nc(CC(C)C)c(C(=O)N2CCC(n3cc(C(=O)O)cn3)CC2)s1. The van der Waals surface area contributed by atoms with E-state index in [0.717, 1.165) is 34.8 Å². The van der Waals surface area contributed by atoms with Gasteiger partial charge in [0, 0.05) is 19.3 Å². The van der Waals surface area contributed by atoms with Gasteiger partial charge in [0.25, 0.3) is 5.91 Å². The van der Waals surface area contributed by atoms with Gasteiger partial charge in [0.2, 0.25) is 0 Å². The van der Waals surface area contributed by atoms with Crippen molar-refractivity contribution in [3.63, 3.8) is 0 Å². The molecule has 7 nitrogen and oxygen atoms in total. The number of amides is 1. The van der Waals surface area contributed by atoms with E-state index in [1.807, 2.05) is 11.8 Å². The van der Waals surface area contributed by atoms with E-state index < -0.39 is 5.97 Å². The Kier molecular flexibility index (Phi) is 5.41. The molecule has 0 atom stereocenters. The smallest absolute Gasteiger partial charge is 0.338 e. The van der Waals surface area contributed by atoms with Crippen LogP contribution in [0.2, 0.25) is 0 Å². The largest absolute Gasteiger partial charge is 0.478 e. The zero-order chi connectivity index (χ0) is 18.8. The van der Waals surface area contributed by atoms with Gasteiger partial charge in [-0.25, -0.2) is 9.78 Å². The van der Waals surface area contributed by atoms with Crippen LogP contribution in [-0.4, -0.2) is 49.7 Å². The predicted octanol–water partition coefficient (Wildman–Crippen LogP) is 3.02. The van der Waals surface area contributed by atoms with Crippen LogP contribution >= 0.6 is 11.3 Å². The monoisotopic (exact) mass is 376 g/mol. The summed E-state index contributed by atoms with van der Waals surface area (Å²) in [6, 6.07) is 0.130. The molecule has 26 heavy (non-hydrogen) atoms. The number of likely N-dealkylation sites (tertiary alicyclic amines) is 1. The average Bonchev–Trinajstić information content (AvgIpc) is 3.21. The van der Waals surface area contributed by atoms with Crippen molar-refractivity contribution in [1.29, 1.82) is 0 Å². The van der Waals surface area contributed by atoms with Crippen LogP contribution in [0.3, 0.4) is 0 Å². The molecule has 3 heterocycles. The molecule has 0 spiro atoms. The van der Waals surface area contributed by atoms with E-state index in [0.29, 0.717) is 19.0 Å². The fourth-order valence-corrected chi connectivity index (χ4v) is 4.20. The molecule has 8 heteroatoms. The van der Waals surface area contributed by atoms with Crippen molar-refractivity contribution in [2.24, 2.45) is 5.92 Å². The molecule has 0 aliphatic carbocycles. The lowest BCUT2D eigenvalue weighted by atomic mass is 10.0. The number of piperidine rings is 1. The third kappa shape index (κ3) is 3.95. The van der Waals surface area contributed by atoms with Crippen molar-refractivity contribution in [3.8, 4) is 0 Å². The minimum absolute atomic E-state index is 0.0661. The van der Waals surface area contributed by atoms with Gasteiger partial charge in [0.15, 0.2) is 0 Å². The molecule has 0 aromatic carbocycles. The van der Waals surface area contributed by atoms with E-state index in [2.05, 4.69) is 23.9 Å². The van der Waals surface area contributed by atoms with Crippen molar-refractivity contribution in [3.05, 3.63) is 33.5 Å². The van der Waals surface area contributed by atoms with Gasteiger partial charge in [0.1, 0.15) is 4.88 Å². The maximum absolute atomic E-state index is 12.9. The first-order valence-corrected chi connectivity index (χ1v) is 9.69. The molecular weight excluding hydrogens is 352 g/mol. The van der Waals surface area contributed by atoms with Crippen LogP contribution in [0.4, 0.5) is 0 Å². The molecule has 0 radical (unpaired) electrons. The fraction of sp³-hybridized carbons (Fsp3) is 0.556. The van der Waals surface area contributed by atoms with Crippen LogP contribution in [-0.2, 0) is 6.42 Å². The summed E-state index contributed by atoms with van der Waals surface area (Å²) in [6.45, 7) is 7.48. The van der Waals surface area contributed by atoms with Crippen LogP contribution < -0.4 is 0 Å². The Bertz CT molecular complexity index is 803. The lowest BCUT2D eigenvalue weighted by Crippen LogP contribution is -2.39. The van der Waals surface area contributed by atoms with Gasteiger partial charge >= 0.3 is 5.97 Å². The summed E-state index contributed by atoms with van der Waals surface area (Å²) in [5.74, 6) is -0.449. The predicted molar refractivity (Wildman–Crippen MR) is 98.8 cm³/mol. The number of aromatic nitrogens is 3. The molecule has 1 saturated heterocycles. The van der Waals surface area contributed by atoms with Crippen LogP contribution in [0.25, 0.3) is 0 Å². The molecule has 1 fully saturated rings. The number of carboxylic acid groups (broad SMARTS) is 1. The topological polar surface area (TPSA) is 88.3 Å². The van der Waals surface area contributed by atoms with Crippen molar-refractivity contribution >= 4 is 23.2 Å². The van der Waals surface area contributed by atoms with E-state index in [1.165, 1.54) is 17.5 Å². The van der Waals surface area contributed by atoms with E-state index in [4.69, 9.17) is 5.11 Å². The van der Waals surface area contributed by atoms with Gasteiger partial charge < -0.3 is 10.0 Å². The zero-order valence-corrected chi connectivity index (χ0v) is 16.1. The summed E-state index contributed by atoms with van der Waals surface area (Å²) in [4.78, 5) is 31.1. The van der Waals surface area contributed by atoms with Crippen molar-refractivity contribution in [2.75, 3.05) is 13.1 Å². The van der Waals surface area contributed by atoms with Gasteiger partial charge in [-0.2, -0.15) is 5.10 Å². The third-order valence-corrected chi connectivity index (χ3v) is 5.58. The number of aromatic carboxylic acids is 1. The minimum atomic E-state index is -0.970. The zero-order valence-electron chi connectivity index (χ0n) is 15.3. The van der Waals surface area contributed by atoms with E-state index >= 15 is 0 Å². The van der Waals surface area contributed by atoms with Crippen LogP contribution in [0.1, 0.15) is 63.5 Å². The molecule has 0 bridgehead atoms. The van der Waals surface area contributed by atoms with Gasteiger partial charge in [-0.1, -0.05) is 13.8 Å². The Morgan fingerprint density at radius 3 is 2.62 bits per heavy atom. The van der Waals surface area contributed by atoms with E-state index in [9.17, 15) is 9.59 Å². The van der Waals surface area contributed by atoms with Crippen LogP contribution in [0.5, 0.6) is 0 Å². The van der Waals surface area contributed by atoms with Crippen LogP contribution in [0, 0.1) is 12.8 Å². The second kappa shape index (κ2) is 7.57. The fourth-order valence-electron chi connectivity index (χ4n) is 3.29. The molecular formula is C18H24N4O3S. The number of hydrogen-bond donors (Lipinski definition) is 1. The molecule has 1 aliphatic rings. The Balaban J connectivity index is 1.66. The van der Waals surface area contributed by atoms with Gasteiger partial charge in [-0.3, -0.25) is 9.48 Å². The molecule has 2 aromatic heterocycles. The lowest BCUT2D eigenvalue weighted by molar-refractivity contribution is 0.0690. The third-order valence-electron chi connectivity index (χ3n) is 4.57. The number of aryl methyl sites for hydroxylation is 1. The second-order valence-electron chi connectivity index (χ2n) is 7.14. The molecule has 3 rings (SSSR count). The number of thiazole rings is 1. The highest BCUT2D eigenvalue weighted by Crippen LogP contribution is 2.27. The Hall–Kier alpha value is -2.22. The minimum Gasteiger partial charge on any atom is -0.478 e. The maximum Gasteiger partial charge on any atom is 0.338 e. The van der Waals surface area contributed by atoms with Crippen molar-refractivity contribution < 1.29 is 14.7 Å². The summed E-state index contributed by atoms with van der Waals surface area (Å²) in [5.41, 5.74) is 1.11. The standard InChI is InChI=1S/C18H24N4O3S/c1-11(2)8-15-16(26-12(3)20-15)17(23)21-6-4-14(5-7-21)22-10-13(9-19-22)18(24)25/h9-11,14H,4-8H2,1-3H3,(H,24,25). The normalized spacial score (nSPS) is 15.6. The van der Waals surface area contributed by atoms with Gasteiger partial charge in [-0.05, 0) is 32.1 Å². The highest BCUT2D eigenvalue weighted by molar-refractivity contribution is 7.13.